The fourth-order valence-electron chi connectivity index (χ4n) is 8.49. The lowest BCUT2D eigenvalue weighted by atomic mass is 9.97. The van der Waals surface area contributed by atoms with E-state index in [1.807, 2.05) is 30.3 Å². The Morgan fingerprint density at radius 3 is 1.66 bits per heavy atom. The molecule has 0 N–H and O–H groups in total. The highest BCUT2D eigenvalue weighted by molar-refractivity contribution is 6.29. The molecule has 12 rings (SSSR count). The minimum absolute atomic E-state index is 0.570. The van der Waals surface area contributed by atoms with Crippen LogP contribution in [0.4, 0.5) is 0 Å². The molecule has 58 heavy (non-hydrogen) atoms. The average Bonchev–Trinajstić information content (AvgIpc) is 3.89. The van der Waals surface area contributed by atoms with Gasteiger partial charge in [0.15, 0.2) is 23.1 Å². The Morgan fingerprint density at radius 2 is 0.966 bits per heavy atom. The number of nitrogens with zero attached hydrogens (tertiary/aromatic N) is 5. The van der Waals surface area contributed by atoms with Crippen molar-refractivity contribution < 1.29 is 4.42 Å². The molecule has 9 aromatic carbocycles. The van der Waals surface area contributed by atoms with E-state index < -0.39 is 0 Å². The largest absolute Gasteiger partial charge is 0.435 e. The van der Waals surface area contributed by atoms with E-state index in [9.17, 15) is 0 Å². The van der Waals surface area contributed by atoms with Gasteiger partial charge in [-0.05, 0) is 81.5 Å². The summed E-state index contributed by atoms with van der Waals surface area (Å²) in [5.41, 5.74) is 8.28. The zero-order valence-corrected chi connectivity index (χ0v) is 31.0. The van der Waals surface area contributed by atoms with Crippen molar-refractivity contribution in [1.82, 2.24) is 24.5 Å². The normalized spacial score (nSPS) is 11.8. The zero-order valence-electron chi connectivity index (χ0n) is 31.0. The number of para-hydroxylation sites is 2. The molecule has 0 bridgehead atoms. The van der Waals surface area contributed by atoms with E-state index in [0.29, 0.717) is 23.4 Å². The molecular formula is C52H31N5O. The molecule has 0 aliphatic carbocycles. The van der Waals surface area contributed by atoms with Gasteiger partial charge in [-0.2, -0.15) is 0 Å². The molecule has 0 spiro atoms. The Hall–Kier alpha value is -7.96. The van der Waals surface area contributed by atoms with Crippen molar-refractivity contribution in [3.05, 3.63) is 188 Å². The highest BCUT2D eigenvalue weighted by atomic mass is 16.3. The fourth-order valence-corrected chi connectivity index (χ4v) is 8.49. The summed E-state index contributed by atoms with van der Waals surface area (Å²) in [5, 5.41) is 8.69. The lowest BCUT2D eigenvalue weighted by Crippen LogP contribution is -2.01. The molecule has 6 nitrogen and oxygen atoms in total. The average molecular weight is 742 g/mol. The third-order valence-electron chi connectivity index (χ3n) is 11.2. The number of hydrogen-bond donors (Lipinski definition) is 0. The SMILES string of the molecule is c1ccc(-c2nc3ccc4c(-c5nc(-c6ccc7ccccc7c6)nc(-c6ccc7ccccc7c6)n5)cc5c(c6ccccc6n5-c5ccccc5)c4c3o2)cc1. The number of aromatic nitrogens is 5. The molecule has 0 radical (unpaired) electrons. The Morgan fingerprint density at radius 1 is 0.379 bits per heavy atom. The molecule has 12 aromatic rings. The molecule has 0 aliphatic heterocycles. The van der Waals surface area contributed by atoms with Crippen molar-refractivity contribution in [2.24, 2.45) is 0 Å². The summed E-state index contributed by atoms with van der Waals surface area (Å²) in [6.45, 7) is 0. The maximum atomic E-state index is 6.82. The van der Waals surface area contributed by atoms with Crippen LogP contribution in [-0.2, 0) is 0 Å². The van der Waals surface area contributed by atoms with Crippen molar-refractivity contribution in [3.63, 3.8) is 0 Å². The van der Waals surface area contributed by atoms with Crippen molar-refractivity contribution in [3.8, 4) is 51.3 Å². The van der Waals surface area contributed by atoms with Crippen LogP contribution in [0.2, 0.25) is 0 Å². The van der Waals surface area contributed by atoms with E-state index in [1.165, 1.54) is 0 Å². The van der Waals surface area contributed by atoms with Crippen LogP contribution in [0.25, 0.3) is 117 Å². The topological polar surface area (TPSA) is 69.6 Å². The number of rotatable bonds is 5. The molecule has 0 aliphatic rings. The van der Waals surface area contributed by atoms with Crippen molar-refractivity contribution in [2.75, 3.05) is 0 Å². The minimum Gasteiger partial charge on any atom is -0.435 e. The Kier molecular flexibility index (Phi) is 7.13. The molecule has 0 unspecified atom stereocenters. The van der Waals surface area contributed by atoms with Gasteiger partial charge in [0.2, 0.25) is 5.89 Å². The van der Waals surface area contributed by atoms with Crippen LogP contribution in [0.1, 0.15) is 0 Å². The van der Waals surface area contributed by atoms with Gasteiger partial charge in [0.05, 0.1) is 11.0 Å². The highest BCUT2D eigenvalue weighted by Gasteiger charge is 2.24. The van der Waals surface area contributed by atoms with Crippen LogP contribution in [-0.4, -0.2) is 24.5 Å². The Bertz CT molecular complexity index is 3470. The van der Waals surface area contributed by atoms with E-state index in [2.05, 4.69) is 162 Å². The first kappa shape index (κ1) is 32.3. The molecule has 0 saturated carbocycles. The van der Waals surface area contributed by atoms with Crippen molar-refractivity contribution >= 4 is 65.2 Å². The monoisotopic (exact) mass is 741 g/mol. The van der Waals surface area contributed by atoms with Gasteiger partial charge in [0.25, 0.3) is 0 Å². The summed E-state index contributed by atoms with van der Waals surface area (Å²) in [7, 11) is 0. The molecule has 0 amide bonds. The second kappa shape index (κ2) is 12.8. The zero-order chi connectivity index (χ0) is 38.2. The Labute approximate surface area is 332 Å². The summed E-state index contributed by atoms with van der Waals surface area (Å²) in [6, 6.07) is 65.1. The van der Waals surface area contributed by atoms with E-state index in [4.69, 9.17) is 24.4 Å². The lowest BCUT2D eigenvalue weighted by molar-refractivity contribution is 0.623. The van der Waals surface area contributed by atoms with Gasteiger partial charge in [-0.15, -0.1) is 0 Å². The van der Waals surface area contributed by atoms with Crippen LogP contribution < -0.4 is 0 Å². The van der Waals surface area contributed by atoms with Crippen LogP contribution >= 0.6 is 0 Å². The van der Waals surface area contributed by atoms with Gasteiger partial charge < -0.3 is 8.98 Å². The van der Waals surface area contributed by atoms with Crippen LogP contribution in [0, 0.1) is 0 Å². The maximum Gasteiger partial charge on any atom is 0.227 e. The predicted octanol–water partition coefficient (Wildman–Crippen LogP) is 13.2. The van der Waals surface area contributed by atoms with E-state index >= 15 is 0 Å². The second-order valence-corrected chi connectivity index (χ2v) is 14.7. The minimum atomic E-state index is 0.570. The van der Waals surface area contributed by atoms with Crippen LogP contribution in [0.3, 0.4) is 0 Å². The van der Waals surface area contributed by atoms with Crippen molar-refractivity contribution in [2.45, 2.75) is 0 Å². The van der Waals surface area contributed by atoms with Gasteiger partial charge >= 0.3 is 0 Å². The quantitative estimate of drug-likeness (QED) is 0.176. The molecule has 6 heteroatoms. The van der Waals surface area contributed by atoms with E-state index in [-0.39, 0.29) is 0 Å². The number of fused-ring (bicyclic) bond motifs is 9. The third-order valence-corrected chi connectivity index (χ3v) is 11.2. The summed E-state index contributed by atoms with van der Waals surface area (Å²) in [6.07, 6.45) is 0. The summed E-state index contributed by atoms with van der Waals surface area (Å²) >= 11 is 0. The van der Waals surface area contributed by atoms with Gasteiger partial charge in [0, 0.05) is 44.1 Å². The van der Waals surface area contributed by atoms with Gasteiger partial charge in [-0.25, -0.2) is 19.9 Å². The standard InChI is InChI=1S/C52H31N5O/c1-3-15-34(16-4-1)52-53-43-28-27-40-42(31-45-46(47(40)48(43)58-52)41-21-11-12-22-44(41)57(45)39-19-5-2-6-20-39)51-55-49(37-25-23-32-13-7-9-17-35(32)29-37)54-50(56-51)38-26-24-33-14-8-10-18-36(33)30-38/h1-31H. The first-order valence-electron chi connectivity index (χ1n) is 19.4. The number of benzene rings is 9. The summed E-state index contributed by atoms with van der Waals surface area (Å²) in [5.74, 6) is 2.34. The van der Waals surface area contributed by atoms with Gasteiger partial charge in [0.1, 0.15) is 5.52 Å². The number of hydrogen-bond acceptors (Lipinski definition) is 5. The number of oxazole rings is 1. The maximum absolute atomic E-state index is 6.82. The molecule has 0 saturated heterocycles. The fraction of sp³-hybridized carbons (Fsp3) is 0. The van der Waals surface area contributed by atoms with Gasteiger partial charge in [-0.1, -0.05) is 133 Å². The molecule has 270 valence electrons. The molecule has 0 atom stereocenters. The Balaban J connectivity index is 1.21. The smallest absolute Gasteiger partial charge is 0.227 e. The summed E-state index contributed by atoms with van der Waals surface area (Å²) in [4.78, 5) is 20.9. The van der Waals surface area contributed by atoms with Crippen molar-refractivity contribution in [1.29, 1.82) is 0 Å². The van der Waals surface area contributed by atoms with E-state index in [1.54, 1.807) is 0 Å². The molecular weight excluding hydrogens is 711 g/mol. The van der Waals surface area contributed by atoms with Crippen LogP contribution in [0.15, 0.2) is 192 Å². The highest BCUT2D eigenvalue weighted by Crippen LogP contribution is 2.44. The van der Waals surface area contributed by atoms with Gasteiger partial charge in [-0.3, -0.25) is 0 Å². The second-order valence-electron chi connectivity index (χ2n) is 14.7. The van der Waals surface area contributed by atoms with E-state index in [0.717, 1.165) is 93.2 Å². The third kappa shape index (κ3) is 5.12. The summed E-state index contributed by atoms with van der Waals surface area (Å²) < 4.78 is 9.15. The van der Waals surface area contributed by atoms with Crippen LogP contribution in [0.5, 0.6) is 0 Å². The first-order valence-corrected chi connectivity index (χ1v) is 19.4. The predicted molar refractivity (Wildman–Crippen MR) is 236 cm³/mol. The first-order chi connectivity index (χ1) is 28.7. The molecule has 0 fully saturated rings. The molecule has 3 heterocycles. The molecule has 3 aromatic heterocycles. The lowest BCUT2D eigenvalue weighted by Gasteiger charge is -2.13.